The van der Waals surface area contributed by atoms with Crippen LogP contribution in [0.5, 0.6) is 0 Å². The molecule has 0 fully saturated rings. The normalized spacial score (nSPS) is 11.3. The minimum atomic E-state index is -3.82. The maximum atomic E-state index is 13.7. The van der Waals surface area contributed by atoms with Crippen LogP contribution in [-0.2, 0) is 16.6 Å². The maximum Gasteiger partial charge on any atom is 0.264 e. The molecule has 25 heavy (non-hydrogen) atoms. The summed E-state index contributed by atoms with van der Waals surface area (Å²) >= 11 is 0. The van der Waals surface area contributed by atoms with Gasteiger partial charge in [0.05, 0.1) is 17.1 Å². The summed E-state index contributed by atoms with van der Waals surface area (Å²) in [5.41, 5.74) is 2.09. The van der Waals surface area contributed by atoms with Crippen LogP contribution in [0, 0.1) is 12.7 Å². The first-order valence-electron chi connectivity index (χ1n) is 7.86. The number of hydrogen-bond donors (Lipinski definition) is 0. The highest BCUT2D eigenvalue weighted by Crippen LogP contribution is 2.26. The maximum absolute atomic E-state index is 13.7. The quantitative estimate of drug-likeness (QED) is 0.674. The molecule has 3 aromatic rings. The van der Waals surface area contributed by atoms with Crippen molar-refractivity contribution in [2.45, 2.75) is 18.4 Å². The molecule has 0 aliphatic rings. The standard InChI is InChI=1S/C20H18FNO2S/c1-16-10-12-20(13-11-16)25(23,24)22(15-17-6-3-2-4-7-17)19-9-5-8-18(21)14-19/h2-14H,15H2,1H3. The first kappa shape index (κ1) is 17.2. The summed E-state index contributed by atoms with van der Waals surface area (Å²) in [6, 6.07) is 21.5. The van der Waals surface area contributed by atoms with Crippen LogP contribution < -0.4 is 4.31 Å². The lowest BCUT2D eigenvalue weighted by Gasteiger charge is -2.25. The van der Waals surface area contributed by atoms with Gasteiger partial charge >= 0.3 is 0 Å². The Kier molecular flexibility index (Phi) is 4.86. The zero-order chi connectivity index (χ0) is 17.9. The Morgan fingerprint density at radius 2 is 1.56 bits per heavy atom. The van der Waals surface area contributed by atoms with E-state index in [4.69, 9.17) is 0 Å². The topological polar surface area (TPSA) is 37.4 Å². The minimum Gasteiger partial charge on any atom is -0.262 e. The molecule has 0 bridgehead atoms. The summed E-state index contributed by atoms with van der Waals surface area (Å²) in [6.45, 7) is 2.02. The Balaban J connectivity index is 2.08. The van der Waals surface area contributed by atoms with Crippen molar-refractivity contribution >= 4 is 15.7 Å². The monoisotopic (exact) mass is 355 g/mol. The van der Waals surface area contributed by atoms with E-state index >= 15 is 0 Å². The van der Waals surface area contributed by atoms with E-state index in [-0.39, 0.29) is 11.4 Å². The number of anilines is 1. The summed E-state index contributed by atoms with van der Waals surface area (Å²) in [6.07, 6.45) is 0. The number of nitrogens with zero attached hydrogens (tertiary/aromatic N) is 1. The molecule has 0 atom stereocenters. The van der Waals surface area contributed by atoms with Gasteiger partial charge in [0.25, 0.3) is 10.0 Å². The van der Waals surface area contributed by atoms with Gasteiger partial charge in [-0.1, -0.05) is 54.1 Å². The Morgan fingerprint density at radius 3 is 2.20 bits per heavy atom. The van der Waals surface area contributed by atoms with Crippen LogP contribution in [0.2, 0.25) is 0 Å². The van der Waals surface area contributed by atoms with Crippen molar-refractivity contribution in [3.63, 3.8) is 0 Å². The Bertz CT molecular complexity index is 955. The fourth-order valence-corrected chi connectivity index (χ4v) is 3.98. The van der Waals surface area contributed by atoms with Crippen molar-refractivity contribution < 1.29 is 12.8 Å². The third-order valence-electron chi connectivity index (χ3n) is 3.87. The highest BCUT2D eigenvalue weighted by Gasteiger charge is 2.25. The number of benzene rings is 3. The van der Waals surface area contributed by atoms with Crippen LogP contribution in [0.25, 0.3) is 0 Å². The van der Waals surface area contributed by atoms with Gasteiger partial charge in [-0.15, -0.1) is 0 Å². The van der Waals surface area contributed by atoms with E-state index in [0.717, 1.165) is 11.1 Å². The smallest absolute Gasteiger partial charge is 0.262 e. The van der Waals surface area contributed by atoms with E-state index in [1.807, 2.05) is 37.3 Å². The molecule has 0 heterocycles. The summed E-state index contributed by atoms with van der Waals surface area (Å²) in [5, 5.41) is 0. The van der Waals surface area contributed by atoms with Crippen LogP contribution in [0.3, 0.4) is 0 Å². The Morgan fingerprint density at radius 1 is 0.880 bits per heavy atom. The van der Waals surface area contributed by atoms with Gasteiger partial charge in [-0.2, -0.15) is 0 Å². The molecule has 0 radical (unpaired) electrons. The van der Waals surface area contributed by atoms with Gasteiger partial charge in [0, 0.05) is 0 Å². The van der Waals surface area contributed by atoms with Crippen molar-refractivity contribution in [2.24, 2.45) is 0 Å². The van der Waals surface area contributed by atoms with E-state index in [9.17, 15) is 12.8 Å². The van der Waals surface area contributed by atoms with Crippen LogP contribution in [-0.4, -0.2) is 8.42 Å². The zero-order valence-electron chi connectivity index (χ0n) is 13.8. The second-order valence-electron chi connectivity index (χ2n) is 5.79. The molecule has 0 amide bonds. The van der Waals surface area contributed by atoms with E-state index in [1.165, 1.54) is 22.5 Å². The molecule has 0 aliphatic heterocycles. The van der Waals surface area contributed by atoms with E-state index in [2.05, 4.69) is 0 Å². The molecular weight excluding hydrogens is 337 g/mol. The number of hydrogen-bond acceptors (Lipinski definition) is 2. The van der Waals surface area contributed by atoms with Crippen molar-refractivity contribution in [3.05, 3.63) is 95.8 Å². The SMILES string of the molecule is Cc1ccc(S(=O)(=O)N(Cc2ccccc2)c2cccc(F)c2)cc1. The summed E-state index contributed by atoms with van der Waals surface area (Å²) in [5.74, 6) is -0.477. The fraction of sp³-hybridized carbons (Fsp3) is 0.100. The first-order valence-corrected chi connectivity index (χ1v) is 9.30. The average Bonchev–Trinajstić information content (AvgIpc) is 2.61. The highest BCUT2D eigenvalue weighted by molar-refractivity contribution is 7.92. The van der Waals surface area contributed by atoms with Gasteiger partial charge in [0.15, 0.2) is 0 Å². The van der Waals surface area contributed by atoms with Crippen LogP contribution in [0.15, 0.2) is 83.8 Å². The summed E-state index contributed by atoms with van der Waals surface area (Å²) < 4.78 is 41.2. The largest absolute Gasteiger partial charge is 0.264 e. The highest BCUT2D eigenvalue weighted by atomic mass is 32.2. The molecule has 0 saturated carbocycles. The second kappa shape index (κ2) is 7.07. The molecule has 0 N–H and O–H groups in total. The summed E-state index contributed by atoms with van der Waals surface area (Å²) in [4.78, 5) is 0.179. The predicted octanol–water partition coefficient (Wildman–Crippen LogP) is 4.53. The molecule has 5 heteroatoms. The molecule has 0 saturated heterocycles. The first-order chi connectivity index (χ1) is 12.0. The van der Waals surface area contributed by atoms with Crippen LogP contribution in [0.1, 0.15) is 11.1 Å². The fourth-order valence-electron chi connectivity index (χ4n) is 2.53. The van der Waals surface area contributed by atoms with Gasteiger partial charge in [0.2, 0.25) is 0 Å². The Hall–Kier alpha value is -2.66. The molecular formula is C20H18FNO2S. The van der Waals surface area contributed by atoms with Gasteiger partial charge in [0.1, 0.15) is 5.82 Å². The molecule has 0 unspecified atom stereocenters. The van der Waals surface area contributed by atoms with Crippen molar-refractivity contribution in [1.82, 2.24) is 0 Å². The average molecular weight is 355 g/mol. The van der Waals surface area contributed by atoms with Crippen molar-refractivity contribution in [2.75, 3.05) is 4.31 Å². The molecule has 3 nitrogen and oxygen atoms in total. The summed E-state index contributed by atoms with van der Waals surface area (Å²) in [7, 11) is -3.82. The number of rotatable bonds is 5. The van der Waals surface area contributed by atoms with Gasteiger partial charge in [-0.25, -0.2) is 12.8 Å². The lowest BCUT2D eigenvalue weighted by molar-refractivity contribution is 0.590. The van der Waals surface area contributed by atoms with Gasteiger partial charge in [-0.3, -0.25) is 4.31 Å². The van der Waals surface area contributed by atoms with Gasteiger partial charge < -0.3 is 0 Å². The minimum absolute atomic E-state index is 0.125. The molecule has 0 aliphatic carbocycles. The van der Waals surface area contributed by atoms with Crippen LogP contribution >= 0.6 is 0 Å². The number of aryl methyl sites for hydroxylation is 1. The van der Waals surface area contributed by atoms with E-state index in [1.54, 1.807) is 30.3 Å². The number of sulfonamides is 1. The Labute approximate surface area is 147 Å². The molecule has 0 spiro atoms. The molecule has 3 rings (SSSR count). The third kappa shape index (κ3) is 3.88. The van der Waals surface area contributed by atoms with Crippen molar-refractivity contribution in [3.8, 4) is 0 Å². The lowest BCUT2D eigenvalue weighted by atomic mass is 10.2. The lowest BCUT2D eigenvalue weighted by Crippen LogP contribution is -2.30. The van der Waals surface area contributed by atoms with E-state index in [0.29, 0.717) is 5.69 Å². The predicted molar refractivity (Wildman–Crippen MR) is 97.4 cm³/mol. The number of halogens is 1. The van der Waals surface area contributed by atoms with Crippen molar-refractivity contribution in [1.29, 1.82) is 0 Å². The second-order valence-corrected chi connectivity index (χ2v) is 7.65. The van der Waals surface area contributed by atoms with Crippen LogP contribution in [0.4, 0.5) is 10.1 Å². The van der Waals surface area contributed by atoms with E-state index < -0.39 is 15.8 Å². The third-order valence-corrected chi connectivity index (χ3v) is 5.66. The zero-order valence-corrected chi connectivity index (χ0v) is 14.6. The molecule has 3 aromatic carbocycles. The molecule has 128 valence electrons. The molecule has 0 aromatic heterocycles. The van der Waals surface area contributed by atoms with Gasteiger partial charge in [-0.05, 0) is 42.8 Å².